The van der Waals surface area contributed by atoms with Gasteiger partial charge in [0, 0.05) is 13.2 Å². The van der Waals surface area contributed by atoms with E-state index in [-0.39, 0.29) is 12.5 Å². The van der Waals surface area contributed by atoms with E-state index in [0.29, 0.717) is 11.3 Å². The summed E-state index contributed by atoms with van der Waals surface area (Å²) in [6.45, 7) is -0.0545. The molecule has 1 aromatic rings. The van der Waals surface area contributed by atoms with Gasteiger partial charge in [0.1, 0.15) is 5.69 Å². The average Bonchev–Trinajstić information content (AvgIpc) is 2.17. The lowest BCUT2D eigenvalue weighted by Gasteiger charge is -1.98. The fourth-order valence-corrected chi connectivity index (χ4v) is 0.780. The summed E-state index contributed by atoms with van der Waals surface area (Å²) in [4.78, 5) is 14.8. The maximum atomic E-state index is 11.0. The number of aliphatic hydroxyl groups excluding tert-OH is 1. The van der Waals surface area contributed by atoms with Crippen molar-refractivity contribution in [3.05, 3.63) is 29.6 Å². The zero-order valence-corrected chi connectivity index (χ0v) is 6.74. The van der Waals surface area contributed by atoms with Crippen LogP contribution < -0.4 is 5.32 Å². The van der Waals surface area contributed by atoms with Gasteiger partial charge >= 0.3 is 0 Å². The van der Waals surface area contributed by atoms with Gasteiger partial charge in [-0.2, -0.15) is 0 Å². The lowest BCUT2D eigenvalue weighted by Crippen LogP contribution is -2.19. The Bertz CT molecular complexity index is 269. The van der Waals surface area contributed by atoms with Crippen LogP contribution in [0, 0.1) is 0 Å². The predicted octanol–water partition coefficient (Wildman–Crippen LogP) is -0.0665. The van der Waals surface area contributed by atoms with Crippen molar-refractivity contribution in [2.45, 2.75) is 6.61 Å². The first-order valence-corrected chi connectivity index (χ1v) is 3.56. The van der Waals surface area contributed by atoms with Crippen LogP contribution in [0.2, 0.25) is 0 Å². The lowest BCUT2D eigenvalue weighted by molar-refractivity contribution is 0.0958. The van der Waals surface area contributed by atoms with Gasteiger partial charge in [-0.1, -0.05) is 6.07 Å². The molecule has 0 unspecified atom stereocenters. The highest BCUT2D eigenvalue weighted by Crippen LogP contribution is 1.99. The fourth-order valence-electron chi connectivity index (χ4n) is 0.780. The summed E-state index contributed by atoms with van der Waals surface area (Å²) in [5, 5.41) is 11.1. The molecular formula is C8H10N2O2. The third kappa shape index (κ3) is 1.79. The van der Waals surface area contributed by atoms with Gasteiger partial charge in [0.25, 0.3) is 5.91 Å². The van der Waals surface area contributed by atoms with Crippen LogP contribution in [0.4, 0.5) is 0 Å². The Labute approximate surface area is 70.3 Å². The molecule has 4 heteroatoms. The van der Waals surface area contributed by atoms with E-state index < -0.39 is 0 Å². The number of carbonyl (C=O) groups excluding carboxylic acids is 1. The van der Waals surface area contributed by atoms with Gasteiger partial charge in [0.05, 0.1) is 6.61 Å². The maximum absolute atomic E-state index is 11.0. The number of nitrogens with one attached hydrogen (secondary N) is 1. The average molecular weight is 166 g/mol. The largest absolute Gasteiger partial charge is 0.392 e. The van der Waals surface area contributed by atoms with Gasteiger partial charge in [-0.3, -0.25) is 9.78 Å². The summed E-state index contributed by atoms with van der Waals surface area (Å²) in [5.74, 6) is -0.223. The number of aromatic nitrogens is 1. The molecule has 12 heavy (non-hydrogen) atoms. The minimum atomic E-state index is -0.223. The van der Waals surface area contributed by atoms with Crippen molar-refractivity contribution in [2.24, 2.45) is 0 Å². The molecule has 0 aromatic carbocycles. The second-order valence-electron chi connectivity index (χ2n) is 2.29. The van der Waals surface area contributed by atoms with Crippen molar-refractivity contribution < 1.29 is 9.90 Å². The smallest absolute Gasteiger partial charge is 0.269 e. The molecule has 0 atom stereocenters. The second kappa shape index (κ2) is 3.82. The first-order chi connectivity index (χ1) is 5.77. The molecule has 0 aliphatic carbocycles. The molecule has 1 aromatic heterocycles. The Balaban J connectivity index is 2.84. The molecule has 1 heterocycles. The molecule has 0 radical (unpaired) electrons. The van der Waals surface area contributed by atoms with E-state index in [1.54, 1.807) is 19.2 Å². The summed E-state index contributed by atoms with van der Waals surface area (Å²) in [5.41, 5.74) is 1.05. The first kappa shape index (κ1) is 8.67. The summed E-state index contributed by atoms with van der Waals surface area (Å²) in [7, 11) is 1.55. The van der Waals surface area contributed by atoms with Crippen LogP contribution in [0.15, 0.2) is 18.3 Å². The minimum Gasteiger partial charge on any atom is -0.392 e. The highest BCUT2D eigenvalue weighted by molar-refractivity contribution is 5.91. The van der Waals surface area contributed by atoms with Crippen molar-refractivity contribution in [1.82, 2.24) is 10.3 Å². The van der Waals surface area contributed by atoms with E-state index in [1.807, 2.05) is 0 Å². The molecule has 0 saturated carbocycles. The van der Waals surface area contributed by atoms with Gasteiger partial charge in [0.2, 0.25) is 0 Å². The fraction of sp³-hybridized carbons (Fsp3) is 0.250. The standard InChI is InChI=1S/C8H10N2O2/c1-9-8(12)7-3-2-6(5-11)4-10-7/h2-4,11H,5H2,1H3,(H,9,12). The topological polar surface area (TPSA) is 62.2 Å². The van der Waals surface area contributed by atoms with Crippen LogP contribution in [0.1, 0.15) is 16.1 Å². The maximum Gasteiger partial charge on any atom is 0.269 e. The van der Waals surface area contributed by atoms with Gasteiger partial charge in [-0.25, -0.2) is 0 Å². The molecular weight excluding hydrogens is 156 g/mol. The SMILES string of the molecule is CNC(=O)c1ccc(CO)cn1. The van der Waals surface area contributed by atoms with Gasteiger partial charge in [-0.15, -0.1) is 0 Å². The number of nitrogens with zero attached hydrogens (tertiary/aromatic N) is 1. The van der Waals surface area contributed by atoms with Crippen LogP contribution in [0.5, 0.6) is 0 Å². The van der Waals surface area contributed by atoms with E-state index in [2.05, 4.69) is 10.3 Å². The minimum absolute atomic E-state index is 0.0545. The van der Waals surface area contributed by atoms with Crippen LogP contribution in [-0.2, 0) is 6.61 Å². The Hall–Kier alpha value is -1.42. The van der Waals surface area contributed by atoms with Crippen molar-refractivity contribution in [3.8, 4) is 0 Å². The third-order valence-corrected chi connectivity index (χ3v) is 1.47. The Morgan fingerprint density at radius 3 is 2.83 bits per heavy atom. The van der Waals surface area contributed by atoms with Crippen LogP contribution in [0.25, 0.3) is 0 Å². The van der Waals surface area contributed by atoms with Gasteiger partial charge in [0.15, 0.2) is 0 Å². The number of amides is 1. The van der Waals surface area contributed by atoms with Gasteiger partial charge < -0.3 is 10.4 Å². The summed E-state index contributed by atoms with van der Waals surface area (Å²) < 4.78 is 0. The molecule has 1 amide bonds. The predicted molar refractivity (Wildman–Crippen MR) is 43.6 cm³/mol. The molecule has 0 fully saturated rings. The van der Waals surface area contributed by atoms with Crippen molar-refractivity contribution in [1.29, 1.82) is 0 Å². The zero-order chi connectivity index (χ0) is 8.97. The van der Waals surface area contributed by atoms with E-state index in [4.69, 9.17) is 5.11 Å². The van der Waals surface area contributed by atoms with Crippen LogP contribution >= 0.6 is 0 Å². The quantitative estimate of drug-likeness (QED) is 0.646. The molecule has 2 N–H and O–H groups in total. The Morgan fingerprint density at radius 2 is 2.42 bits per heavy atom. The highest BCUT2D eigenvalue weighted by atomic mass is 16.3. The van der Waals surface area contributed by atoms with E-state index in [0.717, 1.165) is 0 Å². The number of hydrogen-bond acceptors (Lipinski definition) is 3. The molecule has 0 saturated heterocycles. The van der Waals surface area contributed by atoms with Gasteiger partial charge in [-0.05, 0) is 11.6 Å². The molecule has 0 aliphatic rings. The van der Waals surface area contributed by atoms with Crippen LogP contribution in [0.3, 0.4) is 0 Å². The third-order valence-electron chi connectivity index (χ3n) is 1.47. The zero-order valence-electron chi connectivity index (χ0n) is 6.74. The van der Waals surface area contributed by atoms with E-state index in [1.165, 1.54) is 6.20 Å². The molecule has 1 rings (SSSR count). The van der Waals surface area contributed by atoms with Crippen molar-refractivity contribution in [3.63, 3.8) is 0 Å². The van der Waals surface area contributed by atoms with Crippen molar-refractivity contribution in [2.75, 3.05) is 7.05 Å². The molecule has 0 bridgehead atoms. The normalized spacial score (nSPS) is 9.50. The molecule has 0 spiro atoms. The number of rotatable bonds is 2. The molecule has 0 aliphatic heterocycles. The first-order valence-electron chi connectivity index (χ1n) is 3.56. The summed E-state index contributed by atoms with van der Waals surface area (Å²) >= 11 is 0. The number of aliphatic hydroxyl groups is 1. The summed E-state index contributed by atoms with van der Waals surface area (Å²) in [6, 6.07) is 3.24. The molecule has 4 nitrogen and oxygen atoms in total. The summed E-state index contributed by atoms with van der Waals surface area (Å²) in [6.07, 6.45) is 1.48. The number of hydrogen-bond donors (Lipinski definition) is 2. The van der Waals surface area contributed by atoms with Crippen molar-refractivity contribution >= 4 is 5.91 Å². The lowest BCUT2D eigenvalue weighted by atomic mass is 10.2. The van der Waals surface area contributed by atoms with E-state index >= 15 is 0 Å². The molecule has 64 valence electrons. The number of carbonyl (C=O) groups is 1. The van der Waals surface area contributed by atoms with Crippen LogP contribution in [-0.4, -0.2) is 23.0 Å². The number of pyridine rings is 1. The second-order valence-corrected chi connectivity index (χ2v) is 2.29. The van der Waals surface area contributed by atoms with E-state index in [9.17, 15) is 4.79 Å². The highest BCUT2D eigenvalue weighted by Gasteiger charge is 2.02. The Kier molecular flexibility index (Phi) is 2.76. The Morgan fingerprint density at radius 1 is 1.67 bits per heavy atom. The monoisotopic (exact) mass is 166 g/mol.